The predicted molar refractivity (Wildman–Crippen MR) is 101 cm³/mol. The summed E-state index contributed by atoms with van der Waals surface area (Å²) in [6.07, 6.45) is -4.69. The Morgan fingerprint density at radius 1 is 1.09 bits per heavy atom. The molecular formula is C17H38O4Si2. The predicted octanol–water partition coefficient (Wildman–Crippen LogP) is 4.51. The molecule has 1 aliphatic rings. The zero-order valence-corrected chi connectivity index (χ0v) is 18.6. The summed E-state index contributed by atoms with van der Waals surface area (Å²) in [6, 6.07) is 0. The minimum absolute atomic E-state index is 0.0275. The topological polar surface area (TPSA) is 47.9 Å². The number of aliphatic hydroxyl groups is 1. The fourth-order valence-corrected chi connectivity index (χ4v) is 4.04. The van der Waals surface area contributed by atoms with Crippen LogP contribution in [0.15, 0.2) is 0 Å². The van der Waals surface area contributed by atoms with Gasteiger partial charge < -0.3 is 18.7 Å². The van der Waals surface area contributed by atoms with E-state index in [1.807, 2.05) is 0 Å². The molecule has 1 fully saturated rings. The Kier molecular flexibility index (Phi) is 5.41. The van der Waals surface area contributed by atoms with Crippen LogP contribution in [0.25, 0.3) is 0 Å². The lowest BCUT2D eigenvalue weighted by Gasteiger charge is -2.40. The molecule has 4 nitrogen and oxygen atoms in total. The van der Waals surface area contributed by atoms with E-state index < -0.39 is 41.5 Å². The van der Waals surface area contributed by atoms with Gasteiger partial charge in [-0.15, -0.1) is 0 Å². The summed E-state index contributed by atoms with van der Waals surface area (Å²) in [4.78, 5) is 0. The van der Waals surface area contributed by atoms with Gasteiger partial charge in [0.25, 0.3) is 0 Å². The minimum Gasteiger partial charge on any atom is -0.414 e. The first kappa shape index (κ1) is 18.1. The lowest BCUT2D eigenvalue weighted by atomic mass is 10.2. The van der Waals surface area contributed by atoms with Crippen LogP contribution in [-0.4, -0.2) is 46.8 Å². The van der Waals surface area contributed by atoms with Gasteiger partial charge in [-0.05, 0) is 36.3 Å². The maximum Gasteiger partial charge on any atom is 0.192 e. The third-order valence-corrected chi connectivity index (χ3v) is 14.6. The first-order chi connectivity index (χ1) is 10.8. The van der Waals surface area contributed by atoms with Crippen molar-refractivity contribution in [3.05, 3.63) is 0 Å². The second kappa shape index (κ2) is 6.88. The Bertz CT molecular complexity index is 470. The van der Waals surface area contributed by atoms with Crippen LogP contribution in [0, 0.1) is 0 Å². The molecule has 1 saturated heterocycles. The van der Waals surface area contributed by atoms with Crippen molar-refractivity contribution in [2.45, 2.75) is 103 Å². The number of rotatable bonds is 5. The van der Waals surface area contributed by atoms with Crippen molar-refractivity contribution in [2.75, 3.05) is 6.61 Å². The summed E-state index contributed by atoms with van der Waals surface area (Å²) in [5, 5.41) is 10.2. The molecule has 0 aliphatic carbocycles. The van der Waals surface area contributed by atoms with Crippen LogP contribution in [0.2, 0.25) is 36.3 Å². The van der Waals surface area contributed by atoms with Gasteiger partial charge in [-0.1, -0.05) is 41.5 Å². The van der Waals surface area contributed by atoms with Crippen molar-refractivity contribution in [1.29, 1.82) is 0 Å². The lowest BCUT2D eigenvalue weighted by molar-refractivity contribution is -0.105. The summed E-state index contributed by atoms with van der Waals surface area (Å²) in [6.45, 7) is 21.6. The van der Waals surface area contributed by atoms with Gasteiger partial charge in [0.15, 0.2) is 22.9 Å². The highest BCUT2D eigenvalue weighted by atomic mass is 28.4. The summed E-state index contributed by atoms with van der Waals surface area (Å²) in [5.74, 6) is 0. The average Bonchev–Trinajstić information content (AvgIpc) is 2.57. The van der Waals surface area contributed by atoms with E-state index in [1.54, 1.807) is 0 Å². The number of ether oxygens (including phenoxy) is 1. The van der Waals surface area contributed by atoms with E-state index in [-0.39, 0.29) is 16.7 Å². The minimum atomic E-state index is -2.26. The zero-order chi connectivity index (χ0) is 20.1. The van der Waals surface area contributed by atoms with Crippen LogP contribution in [0.4, 0.5) is 0 Å². The molecular weight excluding hydrogens is 324 g/mol. The molecule has 1 unspecified atom stereocenters. The van der Waals surface area contributed by atoms with Gasteiger partial charge in [0.1, 0.15) is 6.10 Å². The van der Waals surface area contributed by atoms with Crippen molar-refractivity contribution in [3.8, 4) is 0 Å². The Morgan fingerprint density at radius 3 is 2.00 bits per heavy atom. The van der Waals surface area contributed by atoms with Gasteiger partial charge in [0, 0.05) is 7.77 Å². The van der Waals surface area contributed by atoms with Crippen molar-refractivity contribution in [2.24, 2.45) is 0 Å². The SMILES string of the molecule is [2H][C@@H]1[C@H](O[Si](C)(C)C(C)(C)C)[C@@H](CO[Si](C)(C)C(C)(C)C)OC1([2H])O. The maximum atomic E-state index is 10.1. The maximum absolute atomic E-state index is 10.1. The lowest BCUT2D eigenvalue weighted by Crippen LogP contribution is -2.48. The largest absolute Gasteiger partial charge is 0.414 e. The van der Waals surface area contributed by atoms with Gasteiger partial charge in [0.2, 0.25) is 0 Å². The summed E-state index contributed by atoms with van der Waals surface area (Å²) in [7, 11) is -4.16. The molecule has 0 aromatic rings. The van der Waals surface area contributed by atoms with E-state index in [0.29, 0.717) is 0 Å². The summed E-state index contributed by atoms with van der Waals surface area (Å²) in [5.41, 5.74) is 0. The molecule has 1 N–H and O–H groups in total. The fraction of sp³-hybridized carbons (Fsp3) is 1.00. The van der Waals surface area contributed by atoms with E-state index >= 15 is 0 Å². The third kappa shape index (κ3) is 5.37. The molecule has 4 atom stereocenters. The van der Waals surface area contributed by atoms with Crippen LogP contribution in [0.3, 0.4) is 0 Å². The van der Waals surface area contributed by atoms with E-state index in [2.05, 4.69) is 67.7 Å². The fourth-order valence-electron chi connectivity index (χ4n) is 1.77. The van der Waals surface area contributed by atoms with Crippen molar-refractivity contribution in [1.82, 2.24) is 0 Å². The van der Waals surface area contributed by atoms with Crippen LogP contribution in [0.5, 0.6) is 0 Å². The Labute approximate surface area is 148 Å². The van der Waals surface area contributed by atoms with E-state index in [4.69, 9.17) is 16.3 Å². The van der Waals surface area contributed by atoms with Gasteiger partial charge in [-0.2, -0.15) is 0 Å². The van der Waals surface area contributed by atoms with Crippen molar-refractivity contribution >= 4 is 16.6 Å². The normalized spacial score (nSPS) is 35.2. The second-order valence-electron chi connectivity index (χ2n) is 9.58. The molecule has 1 aliphatic heterocycles. The molecule has 0 amide bonds. The van der Waals surface area contributed by atoms with Gasteiger partial charge >= 0.3 is 0 Å². The quantitative estimate of drug-likeness (QED) is 0.729. The molecule has 0 radical (unpaired) electrons. The second-order valence-corrected chi connectivity index (χ2v) is 19.1. The smallest absolute Gasteiger partial charge is 0.192 e. The van der Waals surface area contributed by atoms with Crippen LogP contribution < -0.4 is 0 Å². The van der Waals surface area contributed by atoms with Crippen LogP contribution in [-0.2, 0) is 13.6 Å². The van der Waals surface area contributed by atoms with Gasteiger partial charge in [0.05, 0.1) is 14.1 Å². The molecule has 1 rings (SSSR count). The standard InChI is InChI=1S/C17H38O4Si2/c1-16(2,3)22(7,8)19-12-14-13(11-15(18)20-14)21-23(9,10)17(4,5)6/h13-15,18H,11-12H2,1-10H3/t13-,14+,15?/m0/s1/i11D,15D/t11-,13+,14-,15?/m1. The molecule has 0 bridgehead atoms. The number of hydrogen-bond donors (Lipinski definition) is 1. The molecule has 23 heavy (non-hydrogen) atoms. The first-order valence-corrected chi connectivity index (χ1v) is 14.3. The van der Waals surface area contributed by atoms with Crippen LogP contribution in [0.1, 0.15) is 50.7 Å². The van der Waals surface area contributed by atoms with Crippen molar-refractivity contribution < 1.29 is 21.4 Å². The van der Waals surface area contributed by atoms with E-state index in [9.17, 15) is 5.11 Å². The Morgan fingerprint density at radius 2 is 1.57 bits per heavy atom. The number of hydrogen-bond acceptors (Lipinski definition) is 4. The molecule has 138 valence electrons. The summed E-state index contributed by atoms with van der Waals surface area (Å²) >= 11 is 0. The summed E-state index contributed by atoms with van der Waals surface area (Å²) < 4.78 is 34.2. The Hall–Kier alpha value is 0.274. The van der Waals surface area contributed by atoms with Crippen molar-refractivity contribution in [3.63, 3.8) is 0 Å². The average molecular weight is 365 g/mol. The molecule has 0 saturated carbocycles. The first-order valence-electron chi connectivity index (χ1n) is 9.54. The van der Waals surface area contributed by atoms with Gasteiger partial charge in [-0.3, -0.25) is 0 Å². The highest BCUT2D eigenvalue weighted by molar-refractivity contribution is 6.74. The zero-order valence-electron chi connectivity index (χ0n) is 18.6. The van der Waals surface area contributed by atoms with Crippen LogP contribution >= 0.6 is 0 Å². The van der Waals surface area contributed by atoms with E-state index in [1.165, 1.54) is 0 Å². The molecule has 0 spiro atoms. The van der Waals surface area contributed by atoms with Gasteiger partial charge in [-0.25, -0.2) is 0 Å². The third-order valence-electron chi connectivity index (χ3n) is 5.60. The Balaban J connectivity index is 2.97. The van der Waals surface area contributed by atoms with E-state index in [0.717, 1.165) is 0 Å². The highest BCUT2D eigenvalue weighted by Crippen LogP contribution is 2.40. The molecule has 0 aromatic carbocycles. The molecule has 6 heteroatoms. The molecule has 0 aromatic heterocycles. The highest BCUT2D eigenvalue weighted by Gasteiger charge is 2.45. The molecule has 1 heterocycles. The monoisotopic (exact) mass is 364 g/mol.